The maximum atomic E-state index is 12.1. The number of nitrogens with two attached hydrogens (primary N) is 1. The molecule has 4 N–H and O–H groups in total. The second-order valence-electron chi connectivity index (χ2n) is 5.48. The van der Waals surface area contributed by atoms with Crippen molar-refractivity contribution in [2.75, 3.05) is 18.4 Å². The molecule has 0 radical (unpaired) electrons. The first kappa shape index (κ1) is 20.7. The number of aryl methyl sites for hydroxylation is 1. The van der Waals surface area contributed by atoms with E-state index in [0.29, 0.717) is 30.8 Å². The third-order valence-electron chi connectivity index (χ3n) is 3.59. The van der Waals surface area contributed by atoms with Crippen LogP contribution in [0.25, 0.3) is 0 Å². The zero-order valence-electron chi connectivity index (χ0n) is 14.0. The molecule has 25 heavy (non-hydrogen) atoms. The summed E-state index contributed by atoms with van der Waals surface area (Å²) >= 11 is 0. The highest BCUT2D eigenvalue weighted by Gasteiger charge is 2.12. The first-order valence-electron chi connectivity index (χ1n) is 8.12. The van der Waals surface area contributed by atoms with Crippen LogP contribution in [0, 0.1) is 0 Å². The van der Waals surface area contributed by atoms with Gasteiger partial charge in [0, 0.05) is 19.5 Å². The van der Waals surface area contributed by atoms with Crippen LogP contribution in [0.5, 0.6) is 0 Å². The van der Waals surface area contributed by atoms with E-state index in [2.05, 4.69) is 22.8 Å². The lowest BCUT2D eigenvalue weighted by Crippen LogP contribution is -2.29. The van der Waals surface area contributed by atoms with Gasteiger partial charge in [0.25, 0.3) is 5.91 Å². The summed E-state index contributed by atoms with van der Waals surface area (Å²) in [7, 11) is 0. The van der Waals surface area contributed by atoms with Crippen molar-refractivity contribution in [3.05, 3.63) is 65.7 Å². The van der Waals surface area contributed by atoms with Gasteiger partial charge in [0.15, 0.2) is 0 Å². The maximum Gasteiger partial charge on any atom is 0.253 e. The Morgan fingerprint density at radius 2 is 1.64 bits per heavy atom. The summed E-state index contributed by atoms with van der Waals surface area (Å²) in [6.45, 7) is 0.776. The normalized spacial score (nSPS) is 9.80. The van der Waals surface area contributed by atoms with Crippen LogP contribution in [0.4, 0.5) is 5.69 Å². The molecule has 0 aliphatic rings. The van der Waals surface area contributed by atoms with Gasteiger partial charge >= 0.3 is 0 Å². The Bertz CT molecular complexity index is 677. The summed E-state index contributed by atoms with van der Waals surface area (Å²) in [4.78, 5) is 24.2. The van der Waals surface area contributed by atoms with Gasteiger partial charge in [-0.1, -0.05) is 42.5 Å². The first-order valence-corrected chi connectivity index (χ1v) is 8.12. The van der Waals surface area contributed by atoms with Crippen LogP contribution in [-0.2, 0) is 11.2 Å². The Morgan fingerprint density at radius 3 is 2.36 bits per heavy atom. The molecule has 0 aliphatic carbocycles. The lowest BCUT2D eigenvalue weighted by molar-refractivity contribution is -0.116. The fourth-order valence-corrected chi connectivity index (χ4v) is 2.38. The van der Waals surface area contributed by atoms with Gasteiger partial charge in [0.1, 0.15) is 0 Å². The van der Waals surface area contributed by atoms with Crippen LogP contribution in [0.2, 0.25) is 0 Å². The molecule has 2 rings (SSSR count). The summed E-state index contributed by atoms with van der Waals surface area (Å²) in [5.74, 6) is -0.328. The van der Waals surface area contributed by atoms with E-state index in [-0.39, 0.29) is 24.2 Å². The van der Waals surface area contributed by atoms with Crippen LogP contribution in [0.1, 0.15) is 28.8 Å². The first-order chi connectivity index (χ1) is 11.7. The molecule has 0 saturated heterocycles. The number of para-hydroxylation sites is 1. The van der Waals surface area contributed by atoms with E-state index in [4.69, 9.17) is 5.73 Å². The number of halogens is 1. The molecule has 5 nitrogen and oxygen atoms in total. The SMILES string of the molecule is Cl.NCCNC(=O)c1ccccc1NC(=O)CCCc1ccccc1. The van der Waals surface area contributed by atoms with E-state index in [1.807, 2.05) is 18.2 Å². The average molecular weight is 362 g/mol. The molecule has 0 unspecified atom stereocenters. The van der Waals surface area contributed by atoms with Crippen molar-refractivity contribution in [2.45, 2.75) is 19.3 Å². The quantitative estimate of drug-likeness (QED) is 0.676. The predicted molar refractivity (Wildman–Crippen MR) is 103 cm³/mol. The van der Waals surface area contributed by atoms with Crippen molar-refractivity contribution in [2.24, 2.45) is 5.73 Å². The fraction of sp³-hybridized carbons (Fsp3) is 0.263. The van der Waals surface area contributed by atoms with Crippen molar-refractivity contribution in [1.29, 1.82) is 0 Å². The molecular formula is C19H24ClN3O2. The fourth-order valence-electron chi connectivity index (χ4n) is 2.38. The third-order valence-corrected chi connectivity index (χ3v) is 3.59. The average Bonchev–Trinajstić information content (AvgIpc) is 2.61. The van der Waals surface area contributed by atoms with Crippen LogP contribution >= 0.6 is 12.4 Å². The Kier molecular flexibility index (Phi) is 9.29. The summed E-state index contributed by atoms with van der Waals surface area (Å²) in [6.07, 6.45) is 2.03. The van der Waals surface area contributed by atoms with E-state index in [1.54, 1.807) is 24.3 Å². The van der Waals surface area contributed by atoms with Gasteiger partial charge in [0.2, 0.25) is 5.91 Å². The van der Waals surface area contributed by atoms with Gasteiger partial charge in [0.05, 0.1) is 11.3 Å². The van der Waals surface area contributed by atoms with Crippen LogP contribution in [0.3, 0.4) is 0 Å². The molecule has 0 spiro atoms. The number of carbonyl (C=O) groups excluding carboxylic acids is 2. The second-order valence-corrected chi connectivity index (χ2v) is 5.48. The topological polar surface area (TPSA) is 84.2 Å². The van der Waals surface area contributed by atoms with Gasteiger partial charge in [-0.05, 0) is 30.5 Å². The lowest BCUT2D eigenvalue weighted by atomic mass is 10.1. The molecular weight excluding hydrogens is 338 g/mol. The highest BCUT2D eigenvalue weighted by atomic mass is 35.5. The van der Waals surface area contributed by atoms with Crippen LogP contribution in [-0.4, -0.2) is 24.9 Å². The smallest absolute Gasteiger partial charge is 0.253 e. The number of hydrogen-bond acceptors (Lipinski definition) is 3. The van der Waals surface area contributed by atoms with Gasteiger partial charge in [-0.2, -0.15) is 0 Å². The number of carbonyl (C=O) groups is 2. The van der Waals surface area contributed by atoms with Crippen LogP contribution in [0.15, 0.2) is 54.6 Å². The van der Waals surface area contributed by atoms with Crippen LogP contribution < -0.4 is 16.4 Å². The summed E-state index contributed by atoms with van der Waals surface area (Å²) < 4.78 is 0. The van der Waals surface area contributed by atoms with Crippen molar-refractivity contribution in [1.82, 2.24) is 5.32 Å². The Hall–Kier alpha value is -2.37. The van der Waals surface area contributed by atoms with E-state index in [0.717, 1.165) is 12.8 Å². The van der Waals surface area contributed by atoms with Crippen molar-refractivity contribution < 1.29 is 9.59 Å². The number of nitrogens with one attached hydrogen (secondary N) is 2. The molecule has 134 valence electrons. The minimum absolute atomic E-state index is 0. The monoisotopic (exact) mass is 361 g/mol. The Labute approximate surface area is 154 Å². The molecule has 6 heteroatoms. The number of anilines is 1. The molecule has 0 aliphatic heterocycles. The number of amides is 2. The van der Waals surface area contributed by atoms with Gasteiger partial charge < -0.3 is 16.4 Å². The molecule has 2 aromatic carbocycles. The lowest BCUT2D eigenvalue weighted by Gasteiger charge is -2.11. The predicted octanol–water partition coefficient (Wildman–Crippen LogP) is 2.76. The standard InChI is InChI=1S/C19H23N3O2.ClH/c20-13-14-21-19(24)16-10-4-5-11-17(16)22-18(23)12-6-9-15-7-2-1-3-8-15;/h1-5,7-8,10-11H,6,9,12-14,20H2,(H,21,24)(H,22,23);1H. The summed E-state index contributed by atoms with van der Waals surface area (Å²) in [5, 5.41) is 5.53. The maximum absolute atomic E-state index is 12.1. The molecule has 0 fully saturated rings. The highest BCUT2D eigenvalue weighted by molar-refractivity contribution is 6.03. The van der Waals surface area contributed by atoms with Crippen molar-refractivity contribution in [3.63, 3.8) is 0 Å². The zero-order valence-corrected chi connectivity index (χ0v) is 14.9. The van der Waals surface area contributed by atoms with E-state index >= 15 is 0 Å². The second kappa shape index (κ2) is 11.2. The number of benzene rings is 2. The Morgan fingerprint density at radius 1 is 0.960 bits per heavy atom. The minimum atomic E-state index is -0.236. The number of hydrogen-bond donors (Lipinski definition) is 3. The molecule has 2 aromatic rings. The Balaban J connectivity index is 0.00000312. The van der Waals surface area contributed by atoms with Crippen molar-refractivity contribution in [3.8, 4) is 0 Å². The van der Waals surface area contributed by atoms with E-state index in [1.165, 1.54) is 5.56 Å². The molecule has 2 amide bonds. The third kappa shape index (κ3) is 6.95. The zero-order chi connectivity index (χ0) is 17.2. The van der Waals surface area contributed by atoms with E-state index in [9.17, 15) is 9.59 Å². The summed E-state index contributed by atoms with van der Waals surface area (Å²) in [5.41, 5.74) is 7.58. The summed E-state index contributed by atoms with van der Waals surface area (Å²) in [6, 6.07) is 17.0. The largest absolute Gasteiger partial charge is 0.351 e. The van der Waals surface area contributed by atoms with Gasteiger partial charge in [-0.3, -0.25) is 9.59 Å². The number of rotatable bonds is 8. The van der Waals surface area contributed by atoms with Crippen molar-refractivity contribution >= 4 is 29.9 Å². The highest BCUT2D eigenvalue weighted by Crippen LogP contribution is 2.15. The molecule has 0 aromatic heterocycles. The molecule has 0 heterocycles. The molecule has 0 saturated carbocycles. The molecule has 0 bridgehead atoms. The van der Waals surface area contributed by atoms with E-state index < -0.39 is 0 Å². The van der Waals surface area contributed by atoms with Gasteiger partial charge in [-0.25, -0.2) is 0 Å². The van der Waals surface area contributed by atoms with Gasteiger partial charge in [-0.15, -0.1) is 12.4 Å². The molecule has 0 atom stereocenters. The minimum Gasteiger partial charge on any atom is -0.351 e.